The summed E-state index contributed by atoms with van der Waals surface area (Å²) in [6.07, 6.45) is 0.224. The topological polar surface area (TPSA) is 64.6 Å². The predicted octanol–water partition coefficient (Wildman–Crippen LogP) is 3.73. The summed E-state index contributed by atoms with van der Waals surface area (Å²) in [6, 6.07) is 7.31. The zero-order chi connectivity index (χ0) is 17.7. The van der Waals surface area contributed by atoms with E-state index in [-0.39, 0.29) is 12.3 Å². The molecule has 1 aromatic carbocycles. The minimum Gasteiger partial charge on any atom is -0.497 e. The van der Waals surface area contributed by atoms with Crippen molar-refractivity contribution in [1.29, 1.82) is 0 Å². The van der Waals surface area contributed by atoms with Crippen molar-refractivity contribution in [3.63, 3.8) is 0 Å². The second-order valence-electron chi connectivity index (χ2n) is 5.28. The van der Waals surface area contributed by atoms with Crippen LogP contribution in [-0.4, -0.2) is 25.6 Å². The quantitative estimate of drug-likeness (QED) is 0.809. The van der Waals surface area contributed by atoms with Crippen molar-refractivity contribution in [2.75, 3.05) is 19.0 Å². The average Bonchev–Trinajstić information content (AvgIpc) is 2.82. The van der Waals surface area contributed by atoms with E-state index in [0.29, 0.717) is 17.2 Å². The van der Waals surface area contributed by atoms with Gasteiger partial charge in [0.1, 0.15) is 10.8 Å². The Kier molecular flexibility index (Phi) is 5.98. The number of methoxy groups -OCH3 is 1. The largest absolute Gasteiger partial charge is 0.497 e. The van der Waals surface area contributed by atoms with E-state index in [1.807, 2.05) is 38.1 Å². The van der Waals surface area contributed by atoms with Crippen LogP contribution >= 0.6 is 11.3 Å². The number of hydrogen-bond donors (Lipinski definition) is 1. The predicted molar refractivity (Wildman–Crippen MR) is 95.1 cm³/mol. The number of esters is 1. The molecule has 0 saturated heterocycles. The van der Waals surface area contributed by atoms with Crippen LogP contribution < -0.4 is 10.1 Å². The SMILES string of the molecule is CCOC(=O)c1c(NC(=O)Cc2ccc(OC)cc2)sc(C)c1C. The Labute approximate surface area is 145 Å². The van der Waals surface area contributed by atoms with Crippen LogP contribution in [0.4, 0.5) is 5.00 Å². The second kappa shape index (κ2) is 7.97. The van der Waals surface area contributed by atoms with Crippen molar-refractivity contribution in [3.8, 4) is 5.75 Å². The van der Waals surface area contributed by atoms with E-state index in [0.717, 1.165) is 21.8 Å². The van der Waals surface area contributed by atoms with Crippen molar-refractivity contribution in [3.05, 3.63) is 45.8 Å². The molecule has 0 aliphatic rings. The first-order valence-electron chi connectivity index (χ1n) is 7.66. The number of nitrogens with one attached hydrogen (secondary N) is 1. The molecule has 0 unspecified atom stereocenters. The van der Waals surface area contributed by atoms with Crippen LogP contribution in [0.1, 0.15) is 33.3 Å². The molecule has 6 heteroatoms. The fourth-order valence-electron chi connectivity index (χ4n) is 2.26. The highest BCUT2D eigenvalue weighted by atomic mass is 32.1. The lowest BCUT2D eigenvalue weighted by Crippen LogP contribution is -2.16. The molecule has 128 valence electrons. The molecule has 0 atom stereocenters. The van der Waals surface area contributed by atoms with Gasteiger partial charge in [-0.05, 0) is 44.0 Å². The number of thiophene rings is 1. The van der Waals surface area contributed by atoms with Gasteiger partial charge >= 0.3 is 5.97 Å². The van der Waals surface area contributed by atoms with E-state index in [9.17, 15) is 9.59 Å². The van der Waals surface area contributed by atoms with Gasteiger partial charge in [-0.25, -0.2) is 4.79 Å². The van der Waals surface area contributed by atoms with Crippen LogP contribution in [0.15, 0.2) is 24.3 Å². The van der Waals surface area contributed by atoms with E-state index < -0.39 is 5.97 Å². The maximum atomic E-state index is 12.3. The smallest absolute Gasteiger partial charge is 0.341 e. The van der Waals surface area contributed by atoms with Crippen LogP contribution in [-0.2, 0) is 16.0 Å². The molecule has 0 bridgehead atoms. The first kappa shape index (κ1) is 18.0. The molecule has 0 aliphatic carbocycles. The third-order valence-electron chi connectivity index (χ3n) is 3.64. The molecule has 0 aliphatic heterocycles. The number of rotatable bonds is 6. The first-order chi connectivity index (χ1) is 11.5. The van der Waals surface area contributed by atoms with Gasteiger partial charge in [-0.1, -0.05) is 12.1 Å². The first-order valence-corrected chi connectivity index (χ1v) is 8.47. The molecule has 1 heterocycles. The monoisotopic (exact) mass is 347 g/mol. The van der Waals surface area contributed by atoms with E-state index >= 15 is 0 Å². The van der Waals surface area contributed by atoms with Crippen molar-refractivity contribution >= 4 is 28.2 Å². The summed E-state index contributed by atoms with van der Waals surface area (Å²) in [5.41, 5.74) is 2.16. The zero-order valence-corrected chi connectivity index (χ0v) is 15.1. The van der Waals surface area contributed by atoms with Gasteiger partial charge in [-0.3, -0.25) is 4.79 Å². The number of amides is 1. The summed E-state index contributed by atoms with van der Waals surface area (Å²) >= 11 is 1.39. The summed E-state index contributed by atoms with van der Waals surface area (Å²) in [4.78, 5) is 25.4. The van der Waals surface area contributed by atoms with Crippen molar-refractivity contribution in [2.24, 2.45) is 0 Å². The Balaban J connectivity index is 2.13. The number of carbonyl (C=O) groups excluding carboxylic acids is 2. The van der Waals surface area contributed by atoms with Gasteiger partial charge in [-0.2, -0.15) is 0 Å². The lowest BCUT2D eigenvalue weighted by molar-refractivity contribution is -0.115. The Morgan fingerprint density at radius 1 is 1.17 bits per heavy atom. The van der Waals surface area contributed by atoms with E-state index in [2.05, 4.69) is 5.32 Å². The molecule has 0 radical (unpaired) electrons. The fourth-order valence-corrected chi connectivity index (χ4v) is 3.33. The van der Waals surface area contributed by atoms with Gasteiger partial charge in [0.2, 0.25) is 5.91 Å². The van der Waals surface area contributed by atoms with Crippen molar-refractivity contribution in [2.45, 2.75) is 27.2 Å². The second-order valence-corrected chi connectivity index (χ2v) is 6.51. The third-order valence-corrected chi connectivity index (χ3v) is 4.76. The van der Waals surface area contributed by atoms with Crippen LogP contribution in [0.25, 0.3) is 0 Å². The molecular formula is C18H21NO4S. The number of ether oxygens (including phenoxy) is 2. The number of hydrogen-bond acceptors (Lipinski definition) is 5. The Hall–Kier alpha value is -2.34. The van der Waals surface area contributed by atoms with E-state index in [4.69, 9.17) is 9.47 Å². The fraction of sp³-hybridized carbons (Fsp3) is 0.333. The number of carbonyl (C=O) groups is 2. The summed E-state index contributed by atoms with van der Waals surface area (Å²) in [6.45, 7) is 5.83. The molecular weight excluding hydrogens is 326 g/mol. The Bertz CT molecular complexity index is 734. The van der Waals surface area contributed by atoms with Gasteiger partial charge in [0, 0.05) is 4.88 Å². The molecule has 1 amide bonds. The summed E-state index contributed by atoms with van der Waals surface area (Å²) in [7, 11) is 1.60. The highest BCUT2D eigenvalue weighted by molar-refractivity contribution is 7.16. The molecule has 0 saturated carbocycles. The zero-order valence-electron chi connectivity index (χ0n) is 14.3. The van der Waals surface area contributed by atoms with Crippen LogP contribution in [0.5, 0.6) is 5.75 Å². The highest BCUT2D eigenvalue weighted by Crippen LogP contribution is 2.33. The molecule has 24 heavy (non-hydrogen) atoms. The molecule has 0 spiro atoms. The van der Waals surface area contributed by atoms with Gasteiger partial charge in [-0.15, -0.1) is 11.3 Å². The van der Waals surface area contributed by atoms with Gasteiger partial charge in [0.25, 0.3) is 0 Å². The molecule has 2 aromatic rings. The lowest BCUT2D eigenvalue weighted by Gasteiger charge is -2.07. The van der Waals surface area contributed by atoms with Gasteiger partial charge in [0.05, 0.1) is 25.7 Å². The van der Waals surface area contributed by atoms with Crippen LogP contribution in [0, 0.1) is 13.8 Å². The normalized spacial score (nSPS) is 10.3. The van der Waals surface area contributed by atoms with Crippen LogP contribution in [0.3, 0.4) is 0 Å². The molecule has 1 aromatic heterocycles. The van der Waals surface area contributed by atoms with E-state index in [1.54, 1.807) is 14.0 Å². The summed E-state index contributed by atoms with van der Waals surface area (Å²) in [5, 5.41) is 3.38. The minimum atomic E-state index is -0.404. The maximum absolute atomic E-state index is 12.3. The molecule has 1 N–H and O–H groups in total. The highest BCUT2D eigenvalue weighted by Gasteiger charge is 2.22. The number of anilines is 1. The van der Waals surface area contributed by atoms with Gasteiger partial charge in [0.15, 0.2) is 0 Å². The number of aryl methyl sites for hydroxylation is 1. The van der Waals surface area contributed by atoms with Crippen molar-refractivity contribution in [1.82, 2.24) is 0 Å². The van der Waals surface area contributed by atoms with E-state index in [1.165, 1.54) is 11.3 Å². The van der Waals surface area contributed by atoms with Gasteiger partial charge < -0.3 is 14.8 Å². The molecule has 0 fully saturated rings. The standard InChI is InChI=1S/C18H21NO4S/c1-5-23-18(21)16-11(2)12(3)24-17(16)19-15(20)10-13-6-8-14(22-4)9-7-13/h6-9H,5,10H2,1-4H3,(H,19,20). The summed E-state index contributed by atoms with van der Waals surface area (Å²) in [5.74, 6) is 0.166. The summed E-state index contributed by atoms with van der Waals surface area (Å²) < 4.78 is 10.2. The average molecular weight is 347 g/mol. The lowest BCUT2D eigenvalue weighted by atomic mass is 10.1. The third kappa shape index (κ3) is 4.14. The number of benzene rings is 1. The molecule has 2 rings (SSSR count). The maximum Gasteiger partial charge on any atom is 0.341 e. The minimum absolute atomic E-state index is 0.174. The van der Waals surface area contributed by atoms with Crippen molar-refractivity contribution < 1.29 is 19.1 Å². The Morgan fingerprint density at radius 3 is 2.42 bits per heavy atom. The Morgan fingerprint density at radius 2 is 1.83 bits per heavy atom. The van der Waals surface area contributed by atoms with Crippen LogP contribution in [0.2, 0.25) is 0 Å². The molecule has 5 nitrogen and oxygen atoms in total.